The molecule has 0 spiro atoms. The molecular weight excluding hydrogens is 242 g/mol. The summed E-state index contributed by atoms with van der Waals surface area (Å²) in [6, 6.07) is 8.86. The molecule has 1 N–H and O–H groups in total. The zero-order valence-electron chi connectivity index (χ0n) is 11.5. The topological polar surface area (TPSA) is 12.0 Å². The highest BCUT2D eigenvalue weighted by Crippen LogP contribution is 2.41. The molecule has 1 fully saturated rings. The smallest absolute Gasteiger partial charge is 0.0438 e. The van der Waals surface area contributed by atoms with Crippen LogP contribution < -0.4 is 5.32 Å². The first-order valence-electron chi connectivity index (χ1n) is 7.08. The van der Waals surface area contributed by atoms with Crippen molar-refractivity contribution >= 4 is 11.6 Å². The highest BCUT2D eigenvalue weighted by molar-refractivity contribution is 6.31. The molecule has 1 aliphatic carbocycles. The maximum atomic E-state index is 6.31. The van der Waals surface area contributed by atoms with Gasteiger partial charge in [0.2, 0.25) is 0 Å². The van der Waals surface area contributed by atoms with Gasteiger partial charge in [-0.05, 0) is 36.3 Å². The van der Waals surface area contributed by atoms with Crippen molar-refractivity contribution in [3.63, 3.8) is 0 Å². The molecule has 100 valence electrons. The lowest BCUT2D eigenvalue weighted by atomic mass is 9.79. The molecule has 0 atom stereocenters. The van der Waals surface area contributed by atoms with E-state index >= 15 is 0 Å². The van der Waals surface area contributed by atoms with Crippen LogP contribution in [0.2, 0.25) is 5.02 Å². The Labute approximate surface area is 116 Å². The summed E-state index contributed by atoms with van der Waals surface area (Å²) in [5, 5.41) is 4.55. The number of rotatable bonds is 5. The third kappa shape index (κ3) is 3.49. The van der Waals surface area contributed by atoms with Crippen LogP contribution >= 0.6 is 11.6 Å². The second kappa shape index (κ2) is 6.08. The van der Waals surface area contributed by atoms with Crippen LogP contribution in [0.3, 0.4) is 0 Å². The minimum Gasteiger partial charge on any atom is -0.314 e. The molecule has 1 aromatic carbocycles. The Balaban J connectivity index is 2.08. The van der Waals surface area contributed by atoms with Gasteiger partial charge in [0.15, 0.2) is 0 Å². The Morgan fingerprint density at radius 1 is 1.22 bits per heavy atom. The fourth-order valence-electron chi connectivity index (χ4n) is 3.01. The fraction of sp³-hybridized carbons (Fsp3) is 0.625. The van der Waals surface area contributed by atoms with Gasteiger partial charge >= 0.3 is 0 Å². The lowest BCUT2D eigenvalue weighted by Gasteiger charge is -2.31. The zero-order valence-corrected chi connectivity index (χ0v) is 12.3. The van der Waals surface area contributed by atoms with E-state index in [9.17, 15) is 0 Å². The summed E-state index contributed by atoms with van der Waals surface area (Å²) in [6.07, 6.45) is 6.51. The van der Waals surface area contributed by atoms with Crippen molar-refractivity contribution in [2.24, 2.45) is 5.41 Å². The molecule has 0 bridgehead atoms. The molecule has 0 heterocycles. The van der Waals surface area contributed by atoms with Crippen LogP contribution in [-0.4, -0.2) is 12.6 Å². The van der Waals surface area contributed by atoms with E-state index in [1.807, 2.05) is 12.1 Å². The van der Waals surface area contributed by atoms with Crippen molar-refractivity contribution in [1.82, 2.24) is 5.32 Å². The summed E-state index contributed by atoms with van der Waals surface area (Å²) in [5.41, 5.74) is 1.74. The lowest BCUT2D eigenvalue weighted by Crippen LogP contribution is -2.37. The molecule has 0 saturated heterocycles. The van der Waals surface area contributed by atoms with Crippen LogP contribution in [0.4, 0.5) is 0 Å². The number of hydrogen-bond acceptors (Lipinski definition) is 1. The largest absolute Gasteiger partial charge is 0.314 e. The monoisotopic (exact) mass is 265 g/mol. The van der Waals surface area contributed by atoms with Crippen LogP contribution in [0.25, 0.3) is 0 Å². The van der Waals surface area contributed by atoms with E-state index in [1.54, 1.807) is 0 Å². The SMILES string of the molecule is CC(C)NCC1(Cc2ccccc2Cl)CCCC1. The van der Waals surface area contributed by atoms with E-state index in [0.717, 1.165) is 18.0 Å². The van der Waals surface area contributed by atoms with Gasteiger partial charge in [-0.25, -0.2) is 0 Å². The van der Waals surface area contributed by atoms with E-state index < -0.39 is 0 Å². The second-order valence-electron chi connectivity index (χ2n) is 6.01. The van der Waals surface area contributed by atoms with Crippen molar-refractivity contribution in [3.05, 3.63) is 34.9 Å². The van der Waals surface area contributed by atoms with Gasteiger partial charge in [0.05, 0.1) is 0 Å². The van der Waals surface area contributed by atoms with Crippen molar-refractivity contribution in [1.29, 1.82) is 0 Å². The maximum absolute atomic E-state index is 6.31. The van der Waals surface area contributed by atoms with Gasteiger partial charge in [-0.15, -0.1) is 0 Å². The summed E-state index contributed by atoms with van der Waals surface area (Å²) in [5.74, 6) is 0. The standard InChI is InChI=1S/C16H24ClN/c1-13(2)18-12-16(9-5-6-10-16)11-14-7-3-4-8-15(14)17/h3-4,7-8,13,18H,5-6,9-12H2,1-2H3. The average molecular weight is 266 g/mol. The van der Waals surface area contributed by atoms with Crippen molar-refractivity contribution in [2.75, 3.05) is 6.54 Å². The normalized spacial score (nSPS) is 18.4. The molecule has 2 heteroatoms. The minimum absolute atomic E-state index is 0.426. The van der Waals surface area contributed by atoms with Crippen LogP contribution in [0, 0.1) is 5.41 Å². The summed E-state index contributed by atoms with van der Waals surface area (Å²) in [4.78, 5) is 0. The zero-order chi connectivity index (χ0) is 13.0. The molecule has 1 saturated carbocycles. The van der Waals surface area contributed by atoms with E-state index in [-0.39, 0.29) is 0 Å². The number of halogens is 1. The van der Waals surface area contributed by atoms with Crippen LogP contribution in [0.5, 0.6) is 0 Å². The minimum atomic E-state index is 0.426. The summed E-state index contributed by atoms with van der Waals surface area (Å²) in [7, 11) is 0. The molecule has 0 aliphatic heterocycles. The van der Waals surface area contributed by atoms with Gasteiger partial charge in [-0.1, -0.05) is 56.5 Å². The van der Waals surface area contributed by atoms with Gasteiger partial charge in [-0.3, -0.25) is 0 Å². The average Bonchev–Trinajstić information content (AvgIpc) is 2.79. The van der Waals surface area contributed by atoms with E-state index in [1.165, 1.54) is 31.2 Å². The van der Waals surface area contributed by atoms with Crippen molar-refractivity contribution in [3.8, 4) is 0 Å². The highest BCUT2D eigenvalue weighted by atomic mass is 35.5. The van der Waals surface area contributed by atoms with Gasteiger partial charge in [-0.2, -0.15) is 0 Å². The molecule has 1 nitrogen and oxygen atoms in total. The van der Waals surface area contributed by atoms with Crippen molar-refractivity contribution < 1.29 is 0 Å². The van der Waals surface area contributed by atoms with Gasteiger partial charge in [0.25, 0.3) is 0 Å². The molecule has 0 aromatic heterocycles. The van der Waals surface area contributed by atoms with Crippen LogP contribution in [0.1, 0.15) is 45.1 Å². The molecule has 18 heavy (non-hydrogen) atoms. The Kier molecular flexibility index (Phi) is 4.69. The predicted molar refractivity (Wildman–Crippen MR) is 79.2 cm³/mol. The Hall–Kier alpha value is -0.530. The van der Waals surface area contributed by atoms with Crippen LogP contribution in [0.15, 0.2) is 24.3 Å². The molecule has 0 unspecified atom stereocenters. The Morgan fingerprint density at radius 3 is 2.50 bits per heavy atom. The summed E-state index contributed by atoms with van der Waals surface area (Å²) >= 11 is 6.31. The Morgan fingerprint density at radius 2 is 1.89 bits per heavy atom. The van der Waals surface area contributed by atoms with Gasteiger partial charge < -0.3 is 5.32 Å². The van der Waals surface area contributed by atoms with Gasteiger partial charge in [0.1, 0.15) is 0 Å². The first-order valence-corrected chi connectivity index (χ1v) is 7.46. The van der Waals surface area contributed by atoms with E-state index in [2.05, 4.69) is 31.3 Å². The first-order chi connectivity index (χ1) is 8.61. The summed E-state index contributed by atoms with van der Waals surface area (Å²) < 4.78 is 0. The fourth-order valence-corrected chi connectivity index (χ4v) is 3.21. The van der Waals surface area contributed by atoms with Gasteiger partial charge in [0, 0.05) is 17.6 Å². The van der Waals surface area contributed by atoms with E-state index in [4.69, 9.17) is 11.6 Å². The Bertz CT molecular complexity index is 380. The number of hydrogen-bond donors (Lipinski definition) is 1. The lowest BCUT2D eigenvalue weighted by molar-refractivity contribution is 0.269. The highest BCUT2D eigenvalue weighted by Gasteiger charge is 2.34. The molecule has 1 aromatic rings. The van der Waals surface area contributed by atoms with Crippen molar-refractivity contribution in [2.45, 2.75) is 52.0 Å². The second-order valence-corrected chi connectivity index (χ2v) is 6.42. The van der Waals surface area contributed by atoms with Crippen LogP contribution in [-0.2, 0) is 6.42 Å². The number of nitrogens with one attached hydrogen (secondary N) is 1. The maximum Gasteiger partial charge on any atom is 0.0438 e. The summed E-state index contributed by atoms with van der Waals surface area (Å²) in [6.45, 7) is 5.56. The number of benzene rings is 1. The molecule has 0 amide bonds. The molecule has 2 rings (SSSR count). The van der Waals surface area contributed by atoms with E-state index in [0.29, 0.717) is 11.5 Å². The molecule has 1 aliphatic rings. The third-order valence-corrected chi connectivity index (χ3v) is 4.44. The molecule has 0 radical (unpaired) electrons. The first kappa shape index (κ1) is 13.9. The molecular formula is C16H24ClN. The third-order valence-electron chi connectivity index (χ3n) is 4.07. The predicted octanol–water partition coefficient (Wildman–Crippen LogP) is 4.44. The quantitative estimate of drug-likeness (QED) is 0.830.